The molecule has 84 valence electrons. The first-order valence-corrected chi connectivity index (χ1v) is 6.45. The van der Waals surface area contributed by atoms with Crippen LogP contribution in [0, 0.1) is 0 Å². The molecule has 1 rings (SSSR count). The molecule has 0 spiro atoms. The zero-order chi connectivity index (χ0) is 11.6. The molecule has 0 aromatic heterocycles. The van der Waals surface area contributed by atoms with Crippen molar-refractivity contribution in [3.8, 4) is 11.5 Å². The van der Waals surface area contributed by atoms with Crippen molar-refractivity contribution < 1.29 is 17.9 Å². The molecule has 0 unspecified atom stereocenters. The quantitative estimate of drug-likeness (QED) is 0.791. The molecule has 0 aliphatic rings. The SMILES string of the molecule is COc1ccc(OC)c(S(=O)(=O)Cl)c1Cl. The van der Waals surface area contributed by atoms with E-state index in [-0.39, 0.29) is 21.4 Å². The summed E-state index contributed by atoms with van der Waals surface area (Å²) in [4.78, 5) is -0.285. The lowest BCUT2D eigenvalue weighted by Crippen LogP contribution is -1.99. The van der Waals surface area contributed by atoms with Crippen LogP contribution in [0.3, 0.4) is 0 Å². The van der Waals surface area contributed by atoms with E-state index in [9.17, 15) is 8.42 Å². The first-order valence-electron chi connectivity index (χ1n) is 3.77. The summed E-state index contributed by atoms with van der Waals surface area (Å²) in [6.07, 6.45) is 0. The number of methoxy groups -OCH3 is 2. The van der Waals surface area contributed by atoms with Crippen LogP contribution in [-0.2, 0) is 9.05 Å². The molecule has 0 fully saturated rings. The number of benzene rings is 1. The van der Waals surface area contributed by atoms with Crippen LogP contribution in [0.5, 0.6) is 11.5 Å². The topological polar surface area (TPSA) is 52.6 Å². The number of hydrogen-bond acceptors (Lipinski definition) is 4. The highest BCUT2D eigenvalue weighted by atomic mass is 35.7. The molecule has 0 heterocycles. The van der Waals surface area contributed by atoms with Crippen molar-refractivity contribution in [3.63, 3.8) is 0 Å². The van der Waals surface area contributed by atoms with Gasteiger partial charge in [-0.15, -0.1) is 0 Å². The summed E-state index contributed by atoms with van der Waals surface area (Å²) < 4.78 is 32.2. The van der Waals surface area contributed by atoms with E-state index >= 15 is 0 Å². The standard InChI is InChI=1S/C8H8Cl2O4S/c1-13-5-3-4-6(14-2)8(7(5)9)15(10,11)12/h3-4H,1-2H3. The predicted octanol–water partition coefficient (Wildman–Crippen LogP) is 2.28. The third-order valence-electron chi connectivity index (χ3n) is 1.71. The minimum atomic E-state index is -3.97. The Morgan fingerprint density at radius 1 is 1.13 bits per heavy atom. The van der Waals surface area contributed by atoms with Gasteiger partial charge in [-0.1, -0.05) is 11.6 Å². The molecular weight excluding hydrogens is 263 g/mol. The van der Waals surface area contributed by atoms with Gasteiger partial charge in [0.05, 0.1) is 14.2 Å². The molecule has 0 saturated carbocycles. The van der Waals surface area contributed by atoms with Crippen molar-refractivity contribution in [3.05, 3.63) is 17.2 Å². The predicted molar refractivity (Wildman–Crippen MR) is 57.6 cm³/mol. The molecule has 4 nitrogen and oxygen atoms in total. The highest BCUT2D eigenvalue weighted by molar-refractivity contribution is 8.14. The molecule has 1 aromatic rings. The highest BCUT2D eigenvalue weighted by Crippen LogP contribution is 2.39. The third kappa shape index (κ3) is 2.48. The maximum Gasteiger partial charge on any atom is 0.266 e. The second kappa shape index (κ2) is 4.47. The smallest absolute Gasteiger partial charge is 0.266 e. The number of ether oxygens (including phenoxy) is 2. The molecule has 0 N–H and O–H groups in total. The van der Waals surface area contributed by atoms with E-state index in [4.69, 9.17) is 31.8 Å². The van der Waals surface area contributed by atoms with Crippen LogP contribution in [0.2, 0.25) is 5.02 Å². The van der Waals surface area contributed by atoms with Gasteiger partial charge in [-0.05, 0) is 12.1 Å². The highest BCUT2D eigenvalue weighted by Gasteiger charge is 2.23. The van der Waals surface area contributed by atoms with E-state index in [2.05, 4.69) is 0 Å². The van der Waals surface area contributed by atoms with Crippen molar-refractivity contribution in [1.82, 2.24) is 0 Å². The Kier molecular flexibility index (Phi) is 3.70. The van der Waals surface area contributed by atoms with Gasteiger partial charge >= 0.3 is 0 Å². The van der Waals surface area contributed by atoms with E-state index in [1.54, 1.807) is 0 Å². The fourth-order valence-electron chi connectivity index (χ4n) is 1.07. The van der Waals surface area contributed by atoms with Crippen molar-refractivity contribution >= 4 is 31.3 Å². The minimum Gasteiger partial charge on any atom is -0.495 e. The second-order valence-electron chi connectivity index (χ2n) is 2.55. The van der Waals surface area contributed by atoms with Crippen LogP contribution >= 0.6 is 22.3 Å². The average molecular weight is 271 g/mol. The summed E-state index contributed by atoms with van der Waals surface area (Å²) in [5.41, 5.74) is 0. The van der Waals surface area contributed by atoms with Crippen molar-refractivity contribution in [2.24, 2.45) is 0 Å². The van der Waals surface area contributed by atoms with Crippen LogP contribution in [0.1, 0.15) is 0 Å². The normalized spacial score (nSPS) is 11.2. The number of hydrogen-bond donors (Lipinski definition) is 0. The lowest BCUT2D eigenvalue weighted by atomic mass is 10.3. The molecular formula is C8H8Cl2O4S. The van der Waals surface area contributed by atoms with Gasteiger partial charge in [0.2, 0.25) is 0 Å². The lowest BCUT2D eigenvalue weighted by Gasteiger charge is -2.10. The maximum absolute atomic E-state index is 11.2. The van der Waals surface area contributed by atoms with E-state index in [1.165, 1.54) is 26.4 Å². The first kappa shape index (κ1) is 12.4. The maximum atomic E-state index is 11.2. The Labute approximate surface area is 97.1 Å². The van der Waals surface area contributed by atoms with Crippen molar-refractivity contribution in [1.29, 1.82) is 0 Å². The summed E-state index contributed by atoms with van der Waals surface area (Å²) in [5.74, 6) is 0.299. The van der Waals surface area contributed by atoms with E-state index in [0.717, 1.165) is 0 Å². The van der Waals surface area contributed by atoms with Crippen LogP contribution in [0.4, 0.5) is 0 Å². The molecule has 0 radical (unpaired) electrons. The van der Waals surface area contributed by atoms with Gasteiger partial charge in [-0.3, -0.25) is 0 Å². The van der Waals surface area contributed by atoms with Crippen molar-refractivity contribution in [2.75, 3.05) is 14.2 Å². The number of halogens is 2. The van der Waals surface area contributed by atoms with Gasteiger partial charge in [0, 0.05) is 10.7 Å². The molecule has 0 amide bonds. The summed E-state index contributed by atoms with van der Waals surface area (Å²) in [6, 6.07) is 2.91. The third-order valence-corrected chi connectivity index (χ3v) is 3.55. The van der Waals surface area contributed by atoms with Gasteiger partial charge in [0.25, 0.3) is 9.05 Å². The molecule has 0 aliphatic heterocycles. The van der Waals surface area contributed by atoms with Crippen LogP contribution in [0.25, 0.3) is 0 Å². The summed E-state index contributed by atoms with van der Waals surface area (Å²) in [5, 5.41) is -0.0909. The van der Waals surface area contributed by atoms with Crippen LogP contribution < -0.4 is 9.47 Å². The zero-order valence-electron chi connectivity index (χ0n) is 7.95. The van der Waals surface area contributed by atoms with Gasteiger partial charge < -0.3 is 9.47 Å². The molecule has 0 bridgehead atoms. The Hall–Kier alpha value is -0.650. The fourth-order valence-corrected chi connectivity index (χ4v) is 2.89. The molecule has 15 heavy (non-hydrogen) atoms. The Morgan fingerprint density at radius 3 is 2.00 bits per heavy atom. The average Bonchev–Trinajstić information content (AvgIpc) is 2.15. The summed E-state index contributed by atoms with van der Waals surface area (Å²) >= 11 is 5.81. The van der Waals surface area contributed by atoms with E-state index in [0.29, 0.717) is 0 Å². The monoisotopic (exact) mass is 270 g/mol. The van der Waals surface area contributed by atoms with Crippen LogP contribution in [-0.4, -0.2) is 22.6 Å². The molecule has 0 aliphatic carbocycles. The van der Waals surface area contributed by atoms with E-state index < -0.39 is 9.05 Å². The molecule has 7 heteroatoms. The molecule has 0 atom stereocenters. The largest absolute Gasteiger partial charge is 0.495 e. The first-order chi connectivity index (χ1) is 6.91. The van der Waals surface area contributed by atoms with E-state index in [1.807, 2.05) is 0 Å². The van der Waals surface area contributed by atoms with Crippen molar-refractivity contribution in [2.45, 2.75) is 4.90 Å². The fraction of sp³-hybridized carbons (Fsp3) is 0.250. The second-order valence-corrected chi connectivity index (χ2v) is 5.43. The van der Waals surface area contributed by atoms with Crippen LogP contribution in [0.15, 0.2) is 17.0 Å². The number of rotatable bonds is 3. The van der Waals surface area contributed by atoms with Gasteiger partial charge in [-0.2, -0.15) is 0 Å². The van der Waals surface area contributed by atoms with Gasteiger partial charge in [0.15, 0.2) is 0 Å². The minimum absolute atomic E-state index is 0.0794. The molecule has 0 saturated heterocycles. The Balaban J connectivity index is 3.58. The van der Waals surface area contributed by atoms with Gasteiger partial charge in [0.1, 0.15) is 21.4 Å². The summed E-state index contributed by atoms with van der Waals surface area (Å²) in [7, 11) is 3.95. The lowest BCUT2D eigenvalue weighted by molar-refractivity contribution is 0.393. The van der Waals surface area contributed by atoms with Gasteiger partial charge in [-0.25, -0.2) is 8.42 Å². The zero-order valence-corrected chi connectivity index (χ0v) is 10.3. The summed E-state index contributed by atoms with van der Waals surface area (Å²) in [6.45, 7) is 0. The Morgan fingerprint density at radius 2 is 1.60 bits per heavy atom. The molecule has 1 aromatic carbocycles. The Bertz CT molecular complexity index is 470.